The molecule has 1 aromatic carbocycles. The van der Waals surface area contributed by atoms with Crippen molar-refractivity contribution >= 4 is 28.8 Å². The van der Waals surface area contributed by atoms with Crippen LogP contribution in [0.25, 0.3) is 11.1 Å². The number of aryl methyl sites for hydroxylation is 1. The van der Waals surface area contributed by atoms with Gasteiger partial charge in [-0.05, 0) is 18.6 Å². The molecule has 0 bridgehead atoms. The fraction of sp³-hybridized carbons (Fsp3) is 0.368. The van der Waals surface area contributed by atoms with E-state index in [0.29, 0.717) is 42.4 Å². The first kappa shape index (κ1) is 18.7. The zero-order valence-electron chi connectivity index (χ0n) is 15.3. The van der Waals surface area contributed by atoms with Gasteiger partial charge in [0.1, 0.15) is 17.9 Å². The van der Waals surface area contributed by atoms with E-state index < -0.39 is 5.82 Å². The second-order valence-electron chi connectivity index (χ2n) is 6.40. The van der Waals surface area contributed by atoms with Crippen LogP contribution in [-0.2, 0) is 11.2 Å². The first-order valence-corrected chi connectivity index (χ1v) is 10.0. The van der Waals surface area contributed by atoms with Crippen molar-refractivity contribution in [3.63, 3.8) is 0 Å². The van der Waals surface area contributed by atoms with Gasteiger partial charge in [-0.15, -0.1) is 0 Å². The second kappa shape index (κ2) is 8.14. The Labute approximate surface area is 165 Å². The molecule has 1 atom stereocenters. The minimum absolute atomic E-state index is 0.0317. The summed E-state index contributed by atoms with van der Waals surface area (Å²) in [7, 11) is 0. The first-order chi connectivity index (χ1) is 13.6. The number of nitrogens with zero attached hydrogens (tertiary/aromatic N) is 4. The smallest absolute Gasteiger partial charge is 0.257 e. The highest BCUT2D eigenvalue weighted by molar-refractivity contribution is 7.99. The van der Waals surface area contributed by atoms with E-state index in [9.17, 15) is 9.18 Å². The lowest BCUT2D eigenvalue weighted by molar-refractivity contribution is -0.127. The number of carbonyl (C=O) groups is 1. The average molecular weight is 402 g/mol. The minimum Gasteiger partial charge on any atom is -0.470 e. The van der Waals surface area contributed by atoms with Gasteiger partial charge >= 0.3 is 0 Å². The van der Waals surface area contributed by atoms with Crippen LogP contribution >= 0.6 is 11.8 Å². The number of amides is 1. The maximum atomic E-state index is 14.2. The lowest BCUT2D eigenvalue weighted by atomic mass is 10.3. The predicted octanol–water partition coefficient (Wildman–Crippen LogP) is 3.09. The monoisotopic (exact) mass is 402 g/mol. The number of aromatic nitrogens is 3. The predicted molar refractivity (Wildman–Crippen MR) is 102 cm³/mol. The average Bonchev–Trinajstić information content (AvgIpc) is 3.34. The van der Waals surface area contributed by atoms with E-state index in [1.165, 1.54) is 18.1 Å². The zero-order chi connectivity index (χ0) is 19.5. The first-order valence-electron chi connectivity index (χ1n) is 9.06. The highest BCUT2D eigenvalue weighted by Gasteiger charge is 2.29. The van der Waals surface area contributed by atoms with Crippen LogP contribution in [0.15, 0.2) is 40.2 Å². The molecular weight excluding hydrogens is 383 g/mol. The molecule has 3 heterocycles. The molecule has 0 unspecified atom stereocenters. The van der Waals surface area contributed by atoms with Crippen LogP contribution in [0.1, 0.15) is 19.0 Å². The van der Waals surface area contributed by atoms with Crippen molar-refractivity contribution in [3.8, 4) is 5.88 Å². The number of fused-ring (bicyclic) bond motifs is 1. The maximum absolute atomic E-state index is 14.2. The topological polar surface area (TPSA) is 81.4 Å². The van der Waals surface area contributed by atoms with E-state index >= 15 is 0 Å². The molecular formula is C19H19FN4O3S. The van der Waals surface area contributed by atoms with Gasteiger partial charge in [0.2, 0.25) is 11.7 Å². The van der Waals surface area contributed by atoms with E-state index in [2.05, 4.69) is 15.0 Å². The molecule has 146 valence electrons. The molecule has 0 N–H and O–H groups in total. The van der Waals surface area contributed by atoms with Crippen molar-refractivity contribution in [3.05, 3.63) is 42.1 Å². The van der Waals surface area contributed by atoms with Crippen LogP contribution in [0.4, 0.5) is 4.39 Å². The Balaban J connectivity index is 1.31. The Morgan fingerprint density at radius 2 is 2.25 bits per heavy atom. The van der Waals surface area contributed by atoms with Gasteiger partial charge in [0.25, 0.3) is 11.1 Å². The summed E-state index contributed by atoms with van der Waals surface area (Å²) in [6.45, 7) is 2.78. The molecule has 0 radical (unpaired) electrons. The van der Waals surface area contributed by atoms with Gasteiger partial charge in [-0.3, -0.25) is 4.79 Å². The molecule has 1 aliphatic heterocycles. The minimum atomic E-state index is -0.527. The van der Waals surface area contributed by atoms with Crippen molar-refractivity contribution < 1.29 is 18.3 Å². The van der Waals surface area contributed by atoms with Gasteiger partial charge < -0.3 is 14.1 Å². The standard InChI is InChI=1S/C19H19FN4O3S/c1-2-13-17(20)18(22-11-21-13)26-12-7-8-24(9-12)16(25)10-28-19-23-14-5-3-4-6-15(14)27-19/h3-6,11-12H,2,7-10H2,1H3/t12-/m1/s1. The summed E-state index contributed by atoms with van der Waals surface area (Å²) in [4.78, 5) is 26.3. The largest absolute Gasteiger partial charge is 0.470 e. The Bertz CT molecular complexity index is 963. The Morgan fingerprint density at radius 3 is 3.07 bits per heavy atom. The van der Waals surface area contributed by atoms with Gasteiger partial charge in [-0.25, -0.2) is 9.97 Å². The third kappa shape index (κ3) is 3.94. The van der Waals surface area contributed by atoms with Crippen LogP contribution in [0.3, 0.4) is 0 Å². The number of carbonyl (C=O) groups excluding carboxylic acids is 1. The summed E-state index contributed by atoms with van der Waals surface area (Å²) in [6, 6.07) is 7.47. The van der Waals surface area contributed by atoms with Crippen molar-refractivity contribution in [1.29, 1.82) is 0 Å². The second-order valence-corrected chi connectivity index (χ2v) is 7.32. The quantitative estimate of drug-likeness (QED) is 0.586. The summed E-state index contributed by atoms with van der Waals surface area (Å²) in [5, 5.41) is 0.469. The molecule has 0 aliphatic carbocycles. The number of likely N-dealkylation sites (tertiary alicyclic amines) is 1. The molecule has 3 aromatic rings. The molecule has 2 aromatic heterocycles. The molecule has 0 saturated carbocycles. The molecule has 1 fully saturated rings. The Kier molecular flexibility index (Phi) is 5.43. The number of rotatable bonds is 6. The van der Waals surface area contributed by atoms with Crippen molar-refractivity contribution in [2.75, 3.05) is 18.8 Å². The third-order valence-corrected chi connectivity index (χ3v) is 5.35. The van der Waals surface area contributed by atoms with E-state index in [0.717, 1.165) is 5.52 Å². The Morgan fingerprint density at radius 1 is 1.39 bits per heavy atom. The highest BCUT2D eigenvalue weighted by atomic mass is 32.2. The van der Waals surface area contributed by atoms with Crippen molar-refractivity contribution in [1.82, 2.24) is 19.9 Å². The van der Waals surface area contributed by atoms with Crippen LogP contribution in [0.2, 0.25) is 0 Å². The molecule has 7 nitrogen and oxygen atoms in total. The van der Waals surface area contributed by atoms with Crippen LogP contribution in [-0.4, -0.2) is 50.7 Å². The van der Waals surface area contributed by atoms with Gasteiger partial charge in [0.05, 0.1) is 18.0 Å². The van der Waals surface area contributed by atoms with Gasteiger partial charge in [-0.2, -0.15) is 9.37 Å². The van der Waals surface area contributed by atoms with Crippen molar-refractivity contribution in [2.45, 2.75) is 31.1 Å². The molecule has 4 rings (SSSR count). The fourth-order valence-corrected chi connectivity index (χ4v) is 3.79. The number of halogens is 1. The number of ether oxygens (including phenoxy) is 1. The van der Waals surface area contributed by atoms with Gasteiger partial charge in [-0.1, -0.05) is 30.8 Å². The summed E-state index contributed by atoms with van der Waals surface area (Å²) in [5.74, 6) is -0.384. The summed E-state index contributed by atoms with van der Waals surface area (Å²) in [5.41, 5.74) is 1.79. The van der Waals surface area contributed by atoms with E-state index in [1.807, 2.05) is 31.2 Å². The normalized spacial score (nSPS) is 16.6. The van der Waals surface area contributed by atoms with Gasteiger partial charge in [0.15, 0.2) is 5.58 Å². The number of oxazole rings is 1. The SMILES string of the molecule is CCc1ncnc(O[C@@H]2CCN(C(=O)CSc3nc4ccccc4o3)C2)c1F. The summed E-state index contributed by atoms with van der Waals surface area (Å²) < 4.78 is 25.5. The van der Waals surface area contributed by atoms with Gasteiger partial charge in [0, 0.05) is 13.0 Å². The fourth-order valence-electron chi connectivity index (χ4n) is 3.05. The molecule has 1 saturated heterocycles. The van der Waals surface area contributed by atoms with Crippen molar-refractivity contribution in [2.24, 2.45) is 0 Å². The molecule has 0 spiro atoms. The number of thioether (sulfide) groups is 1. The number of benzene rings is 1. The number of hydrogen-bond acceptors (Lipinski definition) is 7. The highest BCUT2D eigenvalue weighted by Crippen LogP contribution is 2.25. The van der Waals surface area contributed by atoms with E-state index in [4.69, 9.17) is 9.15 Å². The number of hydrogen-bond donors (Lipinski definition) is 0. The van der Waals surface area contributed by atoms with Crippen LogP contribution < -0.4 is 4.74 Å². The summed E-state index contributed by atoms with van der Waals surface area (Å²) in [6.07, 6.45) is 2.11. The molecule has 9 heteroatoms. The van der Waals surface area contributed by atoms with Crippen LogP contribution in [0.5, 0.6) is 5.88 Å². The maximum Gasteiger partial charge on any atom is 0.257 e. The van der Waals surface area contributed by atoms with Crippen LogP contribution in [0, 0.1) is 5.82 Å². The molecule has 28 heavy (non-hydrogen) atoms. The van der Waals surface area contributed by atoms with E-state index in [-0.39, 0.29) is 23.6 Å². The molecule has 1 aliphatic rings. The lowest BCUT2D eigenvalue weighted by Gasteiger charge is -2.16. The third-order valence-electron chi connectivity index (χ3n) is 4.53. The Hall–Kier alpha value is -2.68. The zero-order valence-corrected chi connectivity index (χ0v) is 16.1. The number of para-hydroxylation sites is 2. The molecule has 1 amide bonds. The lowest BCUT2D eigenvalue weighted by Crippen LogP contribution is -2.32. The summed E-state index contributed by atoms with van der Waals surface area (Å²) >= 11 is 1.26. The van der Waals surface area contributed by atoms with E-state index in [1.54, 1.807) is 4.90 Å².